The van der Waals surface area contributed by atoms with Crippen LogP contribution in [-0.4, -0.2) is 10.5 Å². The van der Waals surface area contributed by atoms with Gasteiger partial charge in [-0.25, -0.2) is 4.99 Å². The summed E-state index contributed by atoms with van der Waals surface area (Å²) in [4.78, 5) is 32.1. The normalized spacial score (nSPS) is 15.8. The molecule has 4 aromatic rings. The fraction of sp³-hybridized carbons (Fsp3) is 0.0800. The minimum atomic E-state index is -0.717. The highest BCUT2D eigenvalue weighted by molar-refractivity contribution is 7.07. The van der Waals surface area contributed by atoms with Crippen molar-refractivity contribution in [1.82, 2.24) is 4.57 Å². The smallest absolute Gasteiger partial charge is 0.271 e. The van der Waals surface area contributed by atoms with Gasteiger partial charge in [-0.3, -0.25) is 14.2 Å². The van der Waals surface area contributed by atoms with E-state index in [0.717, 1.165) is 5.56 Å². The lowest BCUT2D eigenvalue weighted by Crippen LogP contribution is -2.40. The van der Waals surface area contributed by atoms with Crippen LogP contribution in [0.1, 0.15) is 24.1 Å². The number of rotatable bonds is 4. The SMILES string of the molecule is CC1=C(C(=O)Nc2ccccc2)[C@H](c2ccccc2Cl)n2c(s/c(=C/c3ccoc3)c2=O)=N1. The molecule has 164 valence electrons. The lowest BCUT2D eigenvalue weighted by molar-refractivity contribution is -0.113. The van der Waals surface area contributed by atoms with Crippen molar-refractivity contribution in [3.63, 3.8) is 0 Å². The Morgan fingerprint density at radius 3 is 2.64 bits per heavy atom. The molecule has 1 N–H and O–H groups in total. The van der Waals surface area contributed by atoms with Gasteiger partial charge in [0.2, 0.25) is 0 Å². The van der Waals surface area contributed by atoms with E-state index in [9.17, 15) is 9.59 Å². The van der Waals surface area contributed by atoms with Crippen LogP contribution in [0.3, 0.4) is 0 Å². The predicted molar refractivity (Wildman–Crippen MR) is 129 cm³/mol. The van der Waals surface area contributed by atoms with Crippen molar-refractivity contribution < 1.29 is 9.21 Å². The van der Waals surface area contributed by atoms with Gasteiger partial charge in [-0.05, 0) is 42.8 Å². The fourth-order valence-corrected chi connectivity index (χ4v) is 5.12. The highest BCUT2D eigenvalue weighted by atomic mass is 35.5. The number of fused-ring (bicyclic) bond motifs is 1. The van der Waals surface area contributed by atoms with Gasteiger partial charge < -0.3 is 9.73 Å². The first kappa shape index (κ1) is 21.2. The summed E-state index contributed by atoms with van der Waals surface area (Å²) in [7, 11) is 0. The number of carbonyl (C=O) groups excluding carboxylic acids is 1. The second kappa shape index (κ2) is 8.69. The van der Waals surface area contributed by atoms with Crippen LogP contribution < -0.4 is 20.2 Å². The summed E-state index contributed by atoms with van der Waals surface area (Å²) in [6.07, 6.45) is 4.86. The van der Waals surface area contributed by atoms with Crippen LogP contribution in [0.4, 0.5) is 5.69 Å². The molecule has 8 heteroatoms. The number of para-hydroxylation sites is 1. The number of hydrogen-bond donors (Lipinski definition) is 1. The highest BCUT2D eigenvalue weighted by Crippen LogP contribution is 2.34. The molecular formula is C25H18ClN3O3S. The monoisotopic (exact) mass is 475 g/mol. The molecule has 3 heterocycles. The van der Waals surface area contributed by atoms with E-state index in [1.165, 1.54) is 11.3 Å². The molecule has 2 aromatic carbocycles. The largest absolute Gasteiger partial charge is 0.472 e. The fourth-order valence-electron chi connectivity index (χ4n) is 3.83. The summed E-state index contributed by atoms with van der Waals surface area (Å²) in [5.74, 6) is -0.337. The first-order chi connectivity index (χ1) is 16.0. The summed E-state index contributed by atoms with van der Waals surface area (Å²) < 4.78 is 7.16. The van der Waals surface area contributed by atoms with Gasteiger partial charge in [0.05, 0.1) is 34.4 Å². The highest BCUT2D eigenvalue weighted by Gasteiger charge is 2.33. The molecular weight excluding hydrogens is 458 g/mol. The number of thiazole rings is 1. The molecule has 0 bridgehead atoms. The molecule has 1 aliphatic heterocycles. The third kappa shape index (κ3) is 3.97. The van der Waals surface area contributed by atoms with Gasteiger partial charge in [0.15, 0.2) is 4.80 Å². The Labute approximate surface area is 197 Å². The van der Waals surface area contributed by atoms with Crippen molar-refractivity contribution in [2.75, 3.05) is 5.32 Å². The number of allylic oxidation sites excluding steroid dienone is 1. The summed E-state index contributed by atoms with van der Waals surface area (Å²) in [6.45, 7) is 1.77. The van der Waals surface area contributed by atoms with Crippen LogP contribution in [0.2, 0.25) is 5.02 Å². The van der Waals surface area contributed by atoms with E-state index in [-0.39, 0.29) is 11.5 Å². The summed E-state index contributed by atoms with van der Waals surface area (Å²) in [6, 6.07) is 17.4. The van der Waals surface area contributed by atoms with E-state index >= 15 is 0 Å². The third-order valence-electron chi connectivity index (χ3n) is 5.34. The number of nitrogens with zero attached hydrogens (tertiary/aromatic N) is 2. The van der Waals surface area contributed by atoms with Gasteiger partial charge in [0.1, 0.15) is 0 Å². The molecule has 5 rings (SSSR count). The standard InChI is InChI=1S/C25H18ClN3O3S/c1-15-21(23(30)28-17-7-3-2-4-8-17)22(18-9-5-6-10-19(18)26)29-24(31)20(33-25(29)27-15)13-16-11-12-32-14-16/h2-14,22H,1H3,(H,28,30)/b20-13+/t22-/m0/s1. The predicted octanol–water partition coefficient (Wildman–Crippen LogP) is 4.12. The number of anilines is 1. The number of nitrogens with one attached hydrogen (secondary N) is 1. The second-order valence-electron chi connectivity index (χ2n) is 7.48. The van der Waals surface area contributed by atoms with Crippen LogP contribution in [0.5, 0.6) is 0 Å². The van der Waals surface area contributed by atoms with Gasteiger partial charge in [0, 0.05) is 16.3 Å². The van der Waals surface area contributed by atoms with Crippen LogP contribution in [-0.2, 0) is 4.79 Å². The average Bonchev–Trinajstić information content (AvgIpc) is 3.42. The van der Waals surface area contributed by atoms with Gasteiger partial charge in [0.25, 0.3) is 11.5 Å². The topological polar surface area (TPSA) is 76.6 Å². The van der Waals surface area contributed by atoms with Crippen LogP contribution in [0, 0.1) is 0 Å². The number of benzene rings is 2. The average molecular weight is 476 g/mol. The maximum absolute atomic E-state index is 13.5. The Morgan fingerprint density at radius 2 is 1.91 bits per heavy atom. The van der Waals surface area contributed by atoms with E-state index in [1.54, 1.807) is 54.4 Å². The Bertz CT molecular complexity index is 1550. The molecule has 2 aromatic heterocycles. The van der Waals surface area contributed by atoms with E-state index in [2.05, 4.69) is 10.3 Å². The number of aromatic nitrogens is 1. The Morgan fingerprint density at radius 1 is 1.15 bits per heavy atom. The zero-order chi connectivity index (χ0) is 22.9. The quantitative estimate of drug-likeness (QED) is 0.482. The Hall–Kier alpha value is -3.68. The van der Waals surface area contributed by atoms with Crippen LogP contribution in [0.25, 0.3) is 6.08 Å². The molecule has 0 fully saturated rings. The van der Waals surface area contributed by atoms with Gasteiger partial charge in [-0.2, -0.15) is 0 Å². The lowest BCUT2D eigenvalue weighted by atomic mass is 9.95. The van der Waals surface area contributed by atoms with Crippen molar-refractivity contribution in [3.05, 3.63) is 120 Å². The van der Waals surface area contributed by atoms with Gasteiger partial charge in [-0.15, -0.1) is 0 Å². The minimum absolute atomic E-state index is 0.248. The molecule has 0 spiro atoms. The van der Waals surface area contributed by atoms with Crippen LogP contribution >= 0.6 is 22.9 Å². The maximum Gasteiger partial charge on any atom is 0.271 e. The zero-order valence-electron chi connectivity index (χ0n) is 17.5. The number of furan rings is 1. The minimum Gasteiger partial charge on any atom is -0.472 e. The summed E-state index contributed by atoms with van der Waals surface area (Å²) in [5, 5.41) is 3.39. The Balaban J connectivity index is 1.71. The molecule has 1 atom stereocenters. The second-order valence-corrected chi connectivity index (χ2v) is 8.90. The Kier molecular flexibility index (Phi) is 5.58. The van der Waals surface area contributed by atoms with Gasteiger partial charge >= 0.3 is 0 Å². The molecule has 6 nitrogen and oxygen atoms in total. The molecule has 0 saturated carbocycles. The van der Waals surface area contributed by atoms with Gasteiger partial charge in [-0.1, -0.05) is 59.3 Å². The van der Waals surface area contributed by atoms with Crippen molar-refractivity contribution in [2.24, 2.45) is 4.99 Å². The molecule has 0 radical (unpaired) electrons. The molecule has 33 heavy (non-hydrogen) atoms. The van der Waals surface area contributed by atoms with Crippen LogP contribution in [0.15, 0.2) is 98.7 Å². The first-order valence-electron chi connectivity index (χ1n) is 10.2. The molecule has 1 aliphatic rings. The van der Waals surface area contributed by atoms with E-state index in [0.29, 0.717) is 36.9 Å². The number of halogens is 1. The maximum atomic E-state index is 13.5. The van der Waals surface area contributed by atoms with Crippen molar-refractivity contribution in [3.8, 4) is 0 Å². The van der Waals surface area contributed by atoms with E-state index in [1.807, 2.05) is 36.4 Å². The summed E-state index contributed by atoms with van der Waals surface area (Å²) >= 11 is 7.82. The molecule has 1 amide bonds. The molecule has 0 aliphatic carbocycles. The number of hydrogen-bond acceptors (Lipinski definition) is 5. The zero-order valence-corrected chi connectivity index (χ0v) is 19.1. The lowest BCUT2D eigenvalue weighted by Gasteiger charge is -2.26. The molecule has 0 unspecified atom stereocenters. The molecule has 0 saturated heterocycles. The van der Waals surface area contributed by atoms with Crippen molar-refractivity contribution in [2.45, 2.75) is 13.0 Å². The summed E-state index contributed by atoms with van der Waals surface area (Å²) in [5.41, 5.74) is 2.73. The van der Waals surface area contributed by atoms with Crippen molar-refractivity contribution >= 4 is 40.6 Å². The first-order valence-corrected chi connectivity index (χ1v) is 11.4. The van der Waals surface area contributed by atoms with Crippen molar-refractivity contribution in [1.29, 1.82) is 0 Å². The van der Waals surface area contributed by atoms with E-state index in [4.69, 9.17) is 16.0 Å². The number of amides is 1. The van der Waals surface area contributed by atoms with E-state index < -0.39 is 6.04 Å². The number of carbonyl (C=O) groups is 1. The third-order valence-corrected chi connectivity index (χ3v) is 6.67.